The number of ether oxygens (including phenoxy) is 1. The van der Waals surface area contributed by atoms with Gasteiger partial charge in [0.2, 0.25) is 5.95 Å². The van der Waals surface area contributed by atoms with Crippen LogP contribution >= 0.6 is 12.4 Å². The fourth-order valence-electron chi connectivity index (χ4n) is 4.78. The van der Waals surface area contributed by atoms with Crippen molar-refractivity contribution < 1.29 is 13.5 Å². The molecule has 3 aromatic rings. The molecule has 0 amide bonds. The first-order valence-electron chi connectivity index (χ1n) is 12.1. The third kappa shape index (κ3) is 5.37. The number of nitrogens with zero attached hydrogens (tertiary/aromatic N) is 5. The first-order valence-corrected chi connectivity index (χ1v) is 12.1. The highest BCUT2D eigenvalue weighted by molar-refractivity contribution is 5.85. The van der Waals surface area contributed by atoms with Crippen LogP contribution < -0.4 is 15.0 Å². The van der Waals surface area contributed by atoms with E-state index in [0.717, 1.165) is 32.1 Å². The van der Waals surface area contributed by atoms with Crippen molar-refractivity contribution in [2.24, 2.45) is 0 Å². The van der Waals surface area contributed by atoms with Crippen molar-refractivity contribution in [1.29, 1.82) is 0 Å². The van der Waals surface area contributed by atoms with E-state index in [9.17, 15) is 8.78 Å². The molecule has 2 aliphatic rings. The largest absolute Gasteiger partial charge is 0.486 e. The molecular weight excluding hydrogens is 486 g/mol. The molecule has 1 N–H and O–H groups in total. The number of pyridine rings is 1. The molecular formula is C26H31ClF2N6O. The van der Waals surface area contributed by atoms with Crippen molar-refractivity contribution in [3.8, 4) is 17.0 Å². The minimum Gasteiger partial charge on any atom is -0.486 e. The SMILES string of the molecule is CC(C)N1CCOc2c(F)cc(-c3nc(Nc4ccc(C5CCN(C)CC5)cn4)ncc3F)cc21.Cl. The Hall–Kier alpha value is -3.04. The monoisotopic (exact) mass is 516 g/mol. The van der Waals surface area contributed by atoms with Crippen LogP contribution in [0.3, 0.4) is 0 Å². The molecule has 0 aliphatic carbocycles. The highest BCUT2D eigenvalue weighted by Crippen LogP contribution is 2.39. The quantitative estimate of drug-likeness (QED) is 0.487. The molecule has 4 heterocycles. The fraction of sp³-hybridized carbons (Fsp3) is 0.423. The van der Waals surface area contributed by atoms with Gasteiger partial charge in [0, 0.05) is 17.8 Å². The van der Waals surface area contributed by atoms with Gasteiger partial charge in [0.15, 0.2) is 17.4 Å². The molecule has 0 atom stereocenters. The average Bonchev–Trinajstić information content (AvgIpc) is 2.86. The zero-order chi connectivity index (χ0) is 24.5. The lowest BCUT2D eigenvalue weighted by atomic mass is 9.91. The number of hydrogen-bond acceptors (Lipinski definition) is 7. The molecule has 0 saturated carbocycles. The first kappa shape index (κ1) is 26.0. The van der Waals surface area contributed by atoms with Crippen LogP contribution in [-0.2, 0) is 0 Å². The number of benzene rings is 1. The van der Waals surface area contributed by atoms with Crippen molar-refractivity contribution >= 4 is 29.9 Å². The zero-order valence-electron chi connectivity index (χ0n) is 20.7. The molecule has 1 fully saturated rings. The van der Waals surface area contributed by atoms with E-state index < -0.39 is 11.6 Å². The van der Waals surface area contributed by atoms with Crippen LogP contribution in [-0.4, -0.2) is 59.2 Å². The van der Waals surface area contributed by atoms with E-state index in [0.29, 0.717) is 36.1 Å². The molecule has 7 nitrogen and oxygen atoms in total. The van der Waals surface area contributed by atoms with Crippen molar-refractivity contribution in [3.05, 3.63) is 53.9 Å². The summed E-state index contributed by atoms with van der Waals surface area (Å²) in [5.74, 6) is 0.284. The number of likely N-dealkylation sites (tertiary alicyclic amines) is 1. The van der Waals surface area contributed by atoms with Gasteiger partial charge in [-0.1, -0.05) is 6.07 Å². The Morgan fingerprint density at radius 2 is 1.81 bits per heavy atom. The number of hydrogen-bond donors (Lipinski definition) is 1. The van der Waals surface area contributed by atoms with Gasteiger partial charge in [-0.05, 0) is 76.5 Å². The second-order valence-electron chi connectivity index (χ2n) is 9.51. The first-order chi connectivity index (χ1) is 16.9. The molecule has 0 unspecified atom stereocenters. The Labute approximate surface area is 216 Å². The standard InChI is InChI=1S/C26H30F2N6O.ClH/c1-16(2)34-10-11-35-25-20(27)12-19(13-22(25)34)24-21(28)15-30-26(32-24)31-23-5-4-18(14-29-23)17-6-8-33(3)9-7-17;/h4-5,12-17H,6-11H2,1-3H3,(H,29,30,31,32);1H. The van der Waals surface area contributed by atoms with Crippen LogP contribution in [0.25, 0.3) is 11.3 Å². The van der Waals surface area contributed by atoms with Crippen LogP contribution in [0.2, 0.25) is 0 Å². The Morgan fingerprint density at radius 3 is 2.50 bits per heavy atom. The van der Waals surface area contributed by atoms with Gasteiger partial charge < -0.3 is 19.9 Å². The summed E-state index contributed by atoms with van der Waals surface area (Å²) in [5.41, 5.74) is 2.15. The van der Waals surface area contributed by atoms with Gasteiger partial charge in [-0.3, -0.25) is 0 Å². The third-order valence-corrected chi connectivity index (χ3v) is 6.77. The summed E-state index contributed by atoms with van der Waals surface area (Å²) in [7, 11) is 2.14. The molecule has 192 valence electrons. The van der Waals surface area contributed by atoms with E-state index in [2.05, 4.69) is 38.3 Å². The number of piperidine rings is 1. The number of fused-ring (bicyclic) bond motifs is 1. The number of nitrogens with one attached hydrogen (secondary N) is 1. The van der Waals surface area contributed by atoms with Crippen molar-refractivity contribution in [2.45, 2.75) is 38.6 Å². The van der Waals surface area contributed by atoms with Gasteiger partial charge in [-0.25, -0.2) is 23.7 Å². The predicted octanol–water partition coefficient (Wildman–Crippen LogP) is 5.40. The summed E-state index contributed by atoms with van der Waals surface area (Å²) in [6.07, 6.45) is 5.20. The summed E-state index contributed by atoms with van der Waals surface area (Å²) in [4.78, 5) is 17.3. The smallest absolute Gasteiger partial charge is 0.229 e. The van der Waals surface area contributed by atoms with E-state index in [1.807, 2.05) is 31.0 Å². The van der Waals surface area contributed by atoms with E-state index >= 15 is 0 Å². The summed E-state index contributed by atoms with van der Waals surface area (Å²) in [6.45, 7) is 7.26. The molecule has 5 rings (SSSR count). The summed E-state index contributed by atoms with van der Waals surface area (Å²) < 4.78 is 35.2. The van der Waals surface area contributed by atoms with E-state index in [1.54, 1.807) is 6.07 Å². The van der Waals surface area contributed by atoms with Gasteiger partial charge >= 0.3 is 0 Å². The van der Waals surface area contributed by atoms with Crippen molar-refractivity contribution in [3.63, 3.8) is 0 Å². The van der Waals surface area contributed by atoms with Crippen LogP contribution in [0.4, 0.5) is 26.2 Å². The van der Waals surface area contributed by atoms with Crippen LogP contribution in [0.15, 0.2) is 36.7 Å². The van der Waals surface area contributed by atoms with Gasteiger partial charge in [-0.15, -0.1) is 12.4 Å². The molecule has 1 aromatic carbocycles. The number of anilines is 3. The van der Waals surface area contributed by atoms with Crippen LogP contribution in [0.1, 0.15) is 38.2 Å². The molecule has 36 heavy (non-hydrogen) atoms. The number of rotatable bonds is 5. The Balaban J connectivity index is 0.00000304. The maximum absolute atomic E-state index is 14.9. The third-order valence-electron chi connectivity index (χ3n) is 6.77. The maximum atomic E-state index is 14.9. The maximum Gasteiger partial charge on any atom is 0.229 e. The molecule has 0 radical (unpaired) electrons. The van der Waals surface area contributed by atoms with Gasteiger partial charge in [0.1, 0.15) is 18.1 Å². The zero-order valence-corrected chi connectivity index (χ0v) is 21.5. The number of halogens is 3. The predicted molar refractivity (Wildman–Crippen MR) is 140 cm³/mol. The van der Waals surface area contributed by atoms with Gasteiger partial charge in [-0.2, -0.15) is 0 Å². The lowest BCUT2D eigenvalue weighted by Crippen LogP contribution is -2.38. The molecule has 0 spiro atoms. The summed E-state index contributed by atoms with van der Waals surface area (Å²) >= 11 is 0. The van der Waals surface area contributed by atoms with E-state index in [1.165, 1.54) is 11.6 Å². The highest BCUT2D eigenvalue weighted by atomic mass is 35.5. The van der Waals surface area contributed by atoms with E-state index in [4.69, 9.17) is 4.74 Å². The molecule has 2 aliphatic heterocycles. The Bertz CT molecular complexity index is 1200. The molecule has 2 aromatic heterocycles. The number of aromatic nitrogens is 3. The highest BCUT2D eigenvalue weighted by Gasteiger charge is 2.26. The topological polar surface area (TPSA) is 66.4 Å². The second-order valence-corrected chi connectivity index (χ2v) is 9.51. The van der Waals surface area contributed by atoms with Gasteiger partial charge in [0.05, 0.1) is 18.4 Å². The fourth-order valence-corrected chi connectivity index (χ4v) is 4.78. The normalized spacial score (nSPS) is 16.3. The molecule has 10 heteroatoms. The average molecular weight is 517 g/mol. The lowest BCUT2D eigenvalue weighted by molar-refractivity contribution is 0.255. The summed E-state index contributed by atoms with van der Waals surface area (Å²) in [6, 6.07) is 7.07. The van der Waals surface area contributed by atoms with Crippen molar-refractivity contribution in [1.82, 2.24) is 19.9 Å². The van der Waals surface area contributed by atoms with E-state index in [-0.39, 0.29) is 35.8 Å². The minimum atomic E-state index is -0.631. The lowest BCUT2D eigenvalue weighted by Gasteiger charge is -2.34. The molecule has 0 bridgehead atoms. The van der Waals surface area contributed by atoms with Crippen LogP contribution in [0, 0.1) is 11.6 Å². The molecule has 1 saturated heterocycles. The minimum absolute atomic E-state index is 0. The second kappa shape index (κ2) is 10.9. The Morgan fingerprint density at radius 1 is 1.03 bits per heavy atom. The van der Waals surface area contributed by atoms with Crippen LogP contribution in [0.5, 0.6) is 5.75 Å². The van der Waals surface area contributed by atoms with Gasteiger partial charge in [0.25, 0.3) is 0 Å². The van der Waals surface area contributed by atoms with Crippen molar-refractivity contribution in [2.75, 3.05) is 43.5 Å². The Kier molecular flexibility index (Phi) is 7.90. The summed E-state index contributed by atoms with van der Waals surface area (Å²) in [5, 5.41) is 3.05.